The van der Waals surface area contributed by atoms with E-state index in [0.717, 1.165) is 5.56 Å². The SMILES string of the molecule is COc1cc(Cl)c(C)cc1NC(=O)CCNC(=O)[C@H]1NCCO[C@@H]1C. The molecule has 138 valence electrons. The molecule has 1 aliphatic heterocycles. The van der Waals surface area contributed by atoms with Crippen LogP contribution in [0.15, 0.2) is 12.1 Å². The number of aryl methyl sites for hydroxylation is 1. The monoisotopic (exact) mass is 369 g/mol. The zero-order valence-electron chi connectivity index (χ0n) is 14.6. The molecule has 8 heteroatoms. The van der Waals surface area contributed by atoms with Crippen molar-refractivity contribution >= 4 is 29.1 Å². The molecule has 0 aliphatic carbocycles. The first kappa shape index (κ1) is 19.5. The van der Waals surface area contributed by atoms with E-state index in [1.54, 1.807) is 12.1 Å². The second-order valence-corrected chi connectivity index (χ2v) is 6.31. The summed E-state index contributed by atoms with van der Waals surface area (Å²) in [4.78, 5) is 24.2. The van der Waals surface area contributed by atoms with Gasteiger partial charge >= 0.3 is 0 Å². The quantitative estimate of drug-likeness (QED) is 0.706. The van der Waals surface area contributed by atoms with Crippen molar-refractivity contribution in [2.75, 3.05) is 32.1 Å². The van der Waals surface area contributed by atoms with Gasteiger partial charge in [0.05, 0.1) is 25.5 Å². The number of anilines is 1. The number of nitrogens with one attached hydrogen (secondary N) is 3. The van der Waals surface area contributed by atoms with Gasteiger partial charge in [0.25, 0.3) is 0 Å². The number of benzene rings is 1. The van der Waals surface area contributed by atoms with E-state index in [-0.39, 0.29) is 30.9 Å². The van der Waals surface area contributed by atoms with Crippen molar-refractivity contribution in [3.8, 4) is 5.75 Å². The van der Waals surface area contributed by atoms with Crippen molar-refractivity contribution in [1.82, 2.24) is 10.6 Å². The third kappa shape index (κ3) is 5.32. The Morgan fingerprint density at radius 1 is 1.44 bits per heavy atom. The van der Waals surface area contributed by atoms with E-state index in [9.17, 15) is 9.59 Å². The van der Waals surface area contributed by atoms with Crippen LogP contribution in [0.2, 0.25) is 5.02 Å². The number of hydrogen-bond donors (Lipinski definition) is 3. The highest BCUT2D eigenvalue weighted by Crippen LogP contribution is 2.30. The average Bonchev–Trinajstić information content (AvgIpc) is 2.58. The molecule has 0 bridgehead atoms. The number of methoxy groups -OCH3 is 1. The molecule has 1 aliphatic rings. The van der Waals surface area contributed by atoms with Crippen molar-refractivity contribution in [3.05, 3.63) is 22.7 Å². The fourth-order valence-corrected chi connectivity index (χ4v) is 2.73. The van der Waals surface area contributed by atoms with Gasteiger partial charge in [0.1, 0.15) is 11.8 Å². The molecule has 1 aromatic rings. The second kappa shape index (κ2) is 9.03. The highest BCUT2D eigenvalue weighted by molar-refractivity contribution is 6.31. The minimum absolute atomic E-state index is 0.151. The van der Waals surface area contributed by atoms with E-state index in [2.05, 4.69) is 16.0 Å². The second-order valence-electron chi connectivity index (χ2n) is 5.90. The summed E-state index contributed by atoms with van der Waals surface area (Å²) in [5.74, 6) is 0.103. The summed E-state index contributed by atoms with van der Waals surface area (Å²) in [6, 6.07) is 3.02. The Morgan fingerprint density at radius 2 is 2.20 bits per heavy atom. The summed E-state index contributed by atoms with van der Waals surface area (Å²) in [5, 5.41) is 9.21. The number of ether oxygens (including phenoxy) is 2. The molecular weight excluding hydrogens is 346 g/mol. The van der Waals surface area contributed by atoms with E-state index in [1.807, 2.05) is 13.8 Å². The minimum atomic E-state index is -0.393. The van der Waals surface area contributed by atoms with E-state index in [4.69, 9.17) is 21.1 Å². The fourth-order valence-electron chi connectivity index (χ4n) is 2.58. The van der Waals surface area contributed by atoms with Crippen LogP contribution in [0.25, 0.3) is 0 Å². The molecule has 0 spiro atoms. The summed E-state index contributed by atoms with van der Waals surface area (Å²) in [5.41, 5.74) is 1.39. The van der Waals surface area contributed by atoms with E-state index >= 15 is 0 Å². The van der Waals surface area contributed by atoms with Crippen LogP contribution in [0.4, 0.5) is 5.69 Å². The third-order valence-electron chi connectivity index (χ3n) is 4.01. The van der Waals surface area contributed by atoms with Crippen LogP contribution in [-0.2, 0) is 14.3 Å². The Hall–Kier alpha value is -1.83. The summed E-state index contributed by atoms with van der Waals surface area (Å²) >= 11 is 6.05. The maximum Gasteiger partial charge on any atom is 0.239 e. The Labute approximate surface area is 152 Å². The van der Waals surface area contributed by atoms with Gasteiger partial charge in [0, 0.05) is 30.6 Å². The van der Waals surface area contributed by atoms with E-state index in [1.165, 1.54) is 7.11 Å². The van der Waals surface area contributed by atoms with Gasteiger partial charge in [0.2, 0.25) is 11.8 Å². The predicted molar refractivity (Wildman–Crippen MR) is 96.2 cm³/mol. The minimum Gasteiger partial charge on any atom is -0.495 e. The summed E-state index contributed by atoms with van der Waals surface area (Å²) < 4.78 is 10.7. The van der Waals surface area contributed by atoms with Crippen molar-refractivity contribution in [3.63, 3.8) is 0 Å². The van der Waals surface area contributed by atoms with Crippen molar-refractivity contribution in [2.45, 2.75) is 32.4 Å². The molecule has 2 atom stereocenters. The molecule has 0 radical (unpaired) electrons. The zero-order valence-corrected chi connectivity index (χ0v) is 15.4. The zero-order chi connectivity index (χ0) is 18.4. The molecule has 2 rings (SSSR count). The van der Waals surface area contributed by atoms with Gasteiger partial charge in [-0.25, -0.2) is 0 Å². The van der Waals surface area contributed by atoms with E-state index < -0.39 is 6.04 Å². The highest BCUT2D eigenvalue weighted by Gasteiger charge is 2.27. The van der Waals surface area contributed by atoms with Crippen molar-refractivity contribution in [1.29, 1.82) is 0 Å². The predicted octanol–water partition coefficient (Wildman–Crippen LogP) is 1.48. The van der Waals surface area contributed by atoms with Crippen molar-refractivity contribution in [2.24, 2.45) is 0 Å². The number of morpholine rings is 1. The van der Waals surface area contributed by atoms with Crippen LogP contribution in [0.1, 0.15) is 18.9 Å². The van der Waals surface area contributed by atoms with Crippen LogP contribution < -0.4 is 20.7 Å². The first-order valence-corrected chi connectivity index (χ1v) is 8.57. The van der Waals surface area contributed by atoms with Crippen molar-refractivity contribution < 1.29 is 19.1 Å². The number of rotatable bonds is 6. The molecule has 1 saturated heterocycles. The fraction of sp³-hybridized carbons (Fsp3) is 0.529. The van der Waals surface area contributed by atoms with Gasteiger partial charge in [-0.1, -0.05) is 11.6 Å². The maximum atomic E-state index is 12.1. The molecule has 25 heavy (non-hydrogen) atoms. The van der Waals surface area contributed by atoms with Crippen LogP contribution in [0.3, 0.4) is 0 Å². The molecule has 7 nitrogen and oxygen atoms in total. The number of amides is 2. The molecule has 1 aromatic carbocycles. The lowest BCUT2D eigenvalue weighted by Gasteiger charge is -2.29. The molecule has 1 fully saturated rings. The summed E-state index contributed by atoms with van der Waals surface area (Å²) in [6.45, 7) is 5.16. The molecule has 0 unspecified atom stereocenters. The van der Waals surface area contributed by atoms with Gasteiger partial charge in [0.15, 0.2) is 0 Å². The molecule has 0 saturated carbocycles. The number of carbonyl (C=O) groups excluding carboxylic acids is 2. The van der Waals surface area contributed by atoms with Crippen LogP contribution >= 0.6 is 11.6 Å². The molecule has 0 aromatic heterocycles. The Bertz CT molecular complexity index is 639. The van der Waals surface area contributed by atoms with Crippen LogP contribution in [0, 0.1) is 6.92 Å². The van der Waals surface area contributed by atoms with Gasteiger partial charge in [-0.05, 0) is 25.5 Å². The number of hydrogen-bond acceptors (Lipinski definition) is 5. The molecular formula is C17H24ClN3O4. The maximum absolute atomic E-state index is 12.1. The number of carbonyl (C=O) groups is 2. The van der Waals surface area contributed by atoms with Gasteiger partial charge in [-0.15, -0.1) is 0 Å². The molecule has 1 heterocycles. The van der Waals surface area contributed by atoms with E-state index in [0.29, 0.717) is 29.6 Å². The molecule has 2 amide bonds. The van der Waals surface area contributed by atoms with Crippen LogP contribution in [-0.4, -0.2) is 50.8 Å². The van der Waals surface area contributed by atoms with Crippen LogP contribution in [0.5, 0.6) is 5.75 Å². The number of halogens is 1. The summed E-state index contributed by atoms with van der Waals surface area (Å²) in [6.07, 6.45) is -0.0395. The lowest BCUT2D eigenvalue weighted by atomic mass is 10.1. The Morgan fingerprint density at radius 3 is 2.88 bits per heavy atom. The summed E-state index contributed by atoms with van der Waals surface area (Å²) in [7, 11) is 1.51. The lowest BCUT2D eigenvalue weighted by Crippen LogP contribution is -2.55. The first-order chi connectivity index (χ1) is 11.9. The third-order valence-corrected chi connectivity index (χ3v) is 4.41. The lowest BCUT2D eigenvalue weighted by molar-refractivity contribution is -0.128. The largest absolute Gasteiger partial charge is 0.495 e. The molecule has 3 N–H and O–H groups in total. The topological polar surface area (TPSA) is 88.7 Å². The normalized spacial score (nSPS) is 20.0. The van der Waals surface area contributed by atoms with Gasteiger partial charge in [-0.3, -0.25) is 9.59 Å². The Balaban J connectivity index is 1.83. The van der Waals surface area contributed by atoms with Gasteiger partial charge in [-0.2, -0.15) is 0 Å². The highest BCUT2D eigenvalue weighted by atomic mass is 35.5. The standard InChI is InChI=1S/C17H24ClN3O4/c1-10-8-13(14(24-3)9-12(10)18)21-15(22)4-5-20-17(23)16-11(2)25-7-6-19-16/h8-9,11,16,19H,4-7H2,1-3H3,(H,20,23)(H,21,22)/t11-,16+/m1/s1. The smallest absolute Gasteiger partial charge is 0.239 e. The van der Waals surface area contributed by atoms with Gasteiger partial charge < -0.3 is 25.4 Å². The average molecular weight is 370 g/mol. The Kier molecular flexibility index (Phi) is 7.04. The first-order valence-electron chi connectivity index (χ1n) is 8.19.